The molecule has 0 saturated carbocycles. The Bertz CT molecular complexity index is 2070. The smallest absolute Gasteiger partial charge is 0.431 e. The molecule has 0 fully saturated rings. The average Bonchev–Trinajstić information content (AvgIpc) is 3.08. The van der Waals surface area contributed by atoms with Crippen molar-refractivity contribution >= 4 is 11.9 Å². The minimum atomic E-state index is -7.17. The Morgan fingerprint density at radius 1 is 0.393 bits per heavy atom. The highest BCUT2D eigenvalue weighted by Gasteiger charge is 2.79. The number of alkyl halides is 18. The van der Waals surface area contributed by atoms with Gasteiger partial charge < -0.3 is 9.47 Å². The van der Waals surface area contributed by atoms with Gasteiger partial charge in [0, 0.05) is 11.1 Å². The molecule has 4 nitrogen and oxygen atoms in total. The van der Waals surface area contributed by atoms with Gasteiger partial charge in [0.25, 0.3) is 0 Å². The van der Waals surface area contributed by atoms with E-state index in [2.05, 4.69) is 9.47 Å². The maximum absolute atomic E-state index is 15.3. The highest BCUT2D eigenvalue weighted by Crippen LogP contribution is 2.61. The molecular weight excluding hydrogens is 888 g/mol. The van der Waals surface area contributed by atoms with E-state index >= 15 is 26.3 Å². The molecule has 0 unspecified atom stereocenters. The van der Waals surface area contributed by atoms with E-state index in [4.69, 9.17) is 0 Å². The van der Waals surface area contributed by atoms with Crippen LogP contribution in [0.25, 0.3) is 0 Å². The molecule has 0 saturated heterocycles. The van der Waals surface area contributed by atoms with Crippen LogP contribution in [0.3, 0.4) is 0 Å². The largest absolute Gasteiger partial charge is 0.442 e. The molecule has 0 aromatic heterocycles. The zero-order valence-electron chi connectivity index (χ0n) is 29.8. The second-order valence-corrected chi connectivity index (χ2v) is 13.0. The summed E-state index contributed by atoms with van der Waals surface area (Å²) < 4.78 is 304. The number of carbonyl (C=O) groups is 2. The number of benzene rings is 4. The van der Waals surface area contributed by atoms with Crippen molar-refractivity contribution in [3.05, 3.63) is 141 Å². The first-order chi connectivity index (χ1) is 27.5. The molecule has 0 amide bonds. The minimum Gasteiger partial charge on any atom is -0.431 e. The van der Waals surface area contributed by atoms with Crippen molar-refractivity contribution in [3.63, 3.8) is 0 Å². The third-order valence-corrected chi connectivity index (χ3v) is 9.20. The second kappa shape index (κ2) is 15.4. The fourth-order valence-electron chi connectivity index (χ4n) is 6.29. The molecule has 0 aliphatic carbocycles. The molecule has 0 radical (unpaired) electrons. The molecular formula is C37H20F20O4. The van der Waals surface area contributed by atoms with Crippen molar-refractivity contribution in [2.24, 2.45) is 0 Å². The van der Waals surface area contributed by atoms with Crippen molar-refractivity contribution in [1.29, 1.82) is 0 Å². The Morgan fingerprint density at radius 2 is 0.656 bits per heavy atom. The summed E-state index contributed by atoms with van der Waals surface area (Å²) in [5.41, 5.74) is -35.0. The van der Waals surface area contributed by atoms with Gasteiger partial charge in [0.1, 0.15) is 11.6 Å². The second-order valence-electron chi connectivity index (χ2n) is 13.0. The number of hydrogen-bond donors (Lipinski definition) is 0. The van der Waals surface area contributed by atoms with E-state index < -0.39 is 146 Å². The van der Waals surface area contributed by atoms with E-state index in [1.54, 1.807) is 0 Å². The van der Waals surface area contributed by atoms with Crippen LogP contribution >= 0.6 is 0 Å². The van der Waals surface area contributed by atoms with Gasteiger partial charge in [-0.1, -0.05) is 24.3 Å². The van der Waals surface area contributed by atoms with Crippen molar-refractivity contribution in [1.82, 2.24) is 0 Å². The van der Waals surface area contributed by atoms with E-state index in [-0.39, 0.29) is 50.2 Å². The fourth-order valence-corrected chi connectivity index (χ4v) is 6.29. The molecule has 24 heteroatoms. The summed E-state index contributed by atoms with van der Waals surface area (Å²) >= 11 is 0. The third-order valence-electron chi connectivity index (χ3n) is 9.20. The number of esters is 2. The van der Waals surface area contributed by atoms with E-state index in [0.29, 0.717) is 24.3 Å². The lowest BCUT2D eigenvalue weighted by atomic mass is 9.70. The van der Waals surface area contributed by atoms with Crippen molar-refractivity contribution in [3.8, 4) is 0 Å². The summed E-state index contributed by atoms with van der Waals surface area (Å²) in [6.45, 7) is 0.529. The van der Waals surface area contributed by atoms with Gasteiger partial charge in [0.15, 0.2) is 0 Å². The standard InChI is InChI=1S/C37H20F20O4/c1-17-3-9-21(15-25(17)30(34(46,47)48,35(49,50)51)60-27(58)19-5-11-23(38)12-6-19)29(32(40,41)42,33(43,44)45)22-10-4-18(2)26(16-22)31(36(52,53)54,37(55,56)57)61-28(59)20-7-13-24(39)14-8-20/h3-16H,1-2H3. The van der Waals surface area contributed by atoms with Crippen LogP contribution in [0.2, 0.25) is 0 Å². The monoisotopic (exact) mass is 908 g/mol. The SMILES string of the molecule is Cc1ccc(C(c2ccc(C)c(C(OC(=O)c3ccc(F)cc3)(C(F)(F)F)C(F)(F)F)c2)(C(F)(F)F)C(F)(F)F)cc1C(OC(=O)c1ccc(F)cc1)(C(F)(F)F)C(F)(F)F. The van der Waals surface area contributed by atoms with Crippen LogP contribution in [0.4, 0.5) is 87.8 Å². The molecule has 0 N–H and O–H groups in total. The molecule has 332 valence electrons. The minimum absolute atomic E-state index is 0.204. The number of rotatable bonds is 8. The lowest BCUT2D eigenvalue weighted by Crippen LogP contribution is -2.59. The van der Waals surface area contributed by atoms with Gasteiger partial charge in [0.2, 0.25) is 5.41 Å². The summed E-state index contributed by atoms with van der Waals surface area (Å²) in [6.07, 6.45) is -42.5. The molecule has 0 spiro atoms. The maximum Gasteiger partial charge on any atom is 0.442 e. The van der Waals surface area contributed by atoms with Gasteiger partial charge >= 0.3 is 60.2 Å². The van der Waals surface area contributed by atoms with Crippen LogP contribution in [-0.4, -0.2) is 49.0 Å². The molecule has 61 heavy (non-hydrogen) atoms. The Balaban J connectivity index is 2.18. The lowest BCUT2D eigenvalue weighted by molar-refractivity contribution is -0.373. The van der Waals surface area contributed by atoms with Gasteiger partial charge in [-0.2, -0.15) is 79.0 Å². The van der Waals surface area contributed by atoms with Gasteiger partial charge in [0.05, 0.1) is 11.1 Å². The first-order valence-electron chi connectivity index (χ1n) is 16.1. The molecule has 0 heterocycles. The summed E-state index contributed by atoms with van der Waals surface area (Å²) in [5.74, 6) is -7.65. The first-order valence-corrected chi connectivity index (χ1v) is 16.1. The summed E-state index contributed by atoms with van der Waals surface area (Å²) in [6, 6.07) is -0.846. The molecule has 0 bridgehead atoms. The van der Waals surface area contributed by atoms with Gasteiger partial charge in [-0.05, 0) is 96.8 Å². The number of carbonyl (C=O) groups excluding carboxylic acids is 2. The zero-order chi connectivity index (χ0) is 46.7. The van der Waals surface area contributed by atoms with E-state index in [0.717, 1.165) is 0 Å². The highest BCUT2D eigenvalue weighted by atomic mass is 19.4. The third kappa shape index (κ3) is 8.04. The Morgan fingerprint density at radius 3 is 0.885 bits per heavy atom. The number of halogens is 20. The van der Waals surface area contributed by atoms with Crippen LogP contribution in [0.1, 0.15) is 54.1 Å². The average molecular weight is 909 g/mol. The zero-order valence-corrected chi connectivity index (χ0v) is 29.8. The predicted octanol–water partition coefficient (Wildman–Crippen LogP) is 12.3. The number of ether oxygens (including phenoxy) is 2. The van der Waals surface area contributed by atoms with Crippen molar-refractivity contribution in [2.75, 3.05) is 0 Å². The van der Waals surface area contributed by atoms with E-state index in [9.17, 15) is 71.1 Å². The first kappa shape index (κ1) is 48.1. The van der Waals surface area contributed by atoms with Crippen molar-refractivity contribution < 1.29 is 107 Å². The number of aryl methyl sites for hydroxylation is 2. The molecule has 4 aromatic rings. The van der Waals surface area contributed by atoms with Crippen LogP contribution in [0.15, 0.2) is 84.9 Å². The summed E-state index contributed by atoms with van der Waals surface area (Å²) in [7, 11) is 0. The Labute approximate surface area is 327 Å². The summed E-state index contributed by atoms with van der Waals surface area (Å²) in [4.78, 5) is 25.5. The predicted molar refractivity (Wildman–Crippen MR) is 166 cm³/mol. The quantitative estimate of drug-likeness (QED) is 0.131. The summed E-state index contributed by atoms with van der Waals surface area (Å²) in [5, 5.41) is 0. The topological polar surface area (TPSA) is 52.6 Å². The Kier molecular flexibility index (Phi) is 12.1. The van der Waals surface area contributed by atoms with Gasteiger partial charge in [-0.25, -0.2) is 18.4 Å². The maximum atomic E-state index is 15.3. The van der Waals surface area contributed by atoms with Gasteiger partial charge in [-0.15, -0.1) is 0 Å². The fraction of sp³-hybridized carbons (Fsp3) is 0.297. The molecule has 0 atom stereocenters. The van der Waals surface area contributed by atoms with Gasteiger partial charge in [-0.3, -0.25) is 0 Å². The van der Waals surface area contributed by atoms with Crippen molar-refractivity contribution in [2.45, 2.75) is 67.5 Å². The highest BCUT2D eigenvalue weighted by molar-refractivity contribution is 5.90. The molecule has 0 aliphatic heterocycles. The molecule has 4 aromatic carbocycles. The normalized spacial score (nSPS) is 13.9. The van der Waals surface area contributed by atoms with Crippen LogP contribution < -0.4 is 0 Å². The van der Waals surface area contributed by atoms with Crippen LogP contribution in [-0.2, 0) is 26.1 Å². The van der Waals surface area contributed by atoms with Crippen LogP contribution in [0.5, 0.6) is 0 Å². The Hall–Kier alpha value is -5.58. The van der Waals surface area contributed by atoms with Crippen LogP contribution in [0, 0.1) is 25.5 Å². The number of hydrogen-bond acceptors (Lipinski definition) is 4. The molecule has 4 rings (SSSR count). The van der Waals surface area contributed by atoms with E-state index in [1.165, 1.54) is 0 Å². The van der Waals surface area contributed by atoms with E-state index in [1.807, 2.05) is 0 Å². The lowest BCUT2D eigenvalue weighted by Gasteiger charge is -2.42. The molecule has 0 aliphatic rings.